The SMILES string of the molecule is Cc1cc(-c2cc(C(=O)N(C)C3CCNCC3)c3cnn(C(C)C)c3n2)c(C)o1.Cl.Cl. The van der Waals surface area contributed by atoms with E-state index in [1.54, 1.807) is 6.20 Å². The van der Waals surface area contributed by atoms with Crippen LogP contribution in [0.3, 0.4) is 0 Å². The molecule has 0 bridgehead atoms. The Morgan fingerprint density at radius 2 is 1.90 bits per heavy atom. The Labute approximate surface area is 195 Å². The predicted molar refractivity (Wildman–Crippen MR) is 128 cm³/mol. The molecule has 1 amide bonds. The average Bonchev–Trinajstić information content (AvgIpc) is 3.29. The molecule has 0 unspecified atom stereocenters. The van der Waals surface area contributed by atoms with Gasteiger partial charge in [-0.2, -0.15) is 5.10 Å². The number of aryl methyl sites for hydroxylation is 2. The third-order valence-electron chi connectivity index (χ3n) is 5.78. The van der Waals surface area contributed by atoms with Crippen LogP contribution >= 0.6 is 24.8 Å². The highest BCUT2D eigenvalue weighted by Gasteiger charge is 2.26. The van der Waals surface area contributed by atoms with E-state index in [1.165, 1.54) is 0 Å². The van der Waals surface area contributed by atoms with E-state index in [2.05, 4.69) is 24.3 Å². The number of furan rings is 1. The first-order valence-corrected chi connectivity index (χ1v) is 10.3. The lowest BCUT2D eigenvalue weighted by molar-refractivity contribution is 0.0705. The Morgan fingerprint density at radius 3 is 2.48 bits per heavy atom. The van der Waals surface area contributed by atoms with Crippen molar-refractivity contribution in [2.24, 2.45) is 0 Å². The number of hydrogen-bond acceptors (Lipinski definition) is 5. The molecule has 1 saturated heterocycles. The minimum absolute atomic E-state index is 0. The number of piperidine rings is 1. The van der Waals surface area contributed by atoms with Gasteiger partial charge in [-0.15, -0.1) is 24.8 Å². The number of nitrogens with zero attached hydrogens (tertiary/aromatic N) is 4. The summed E-state index contributed by atoms with van der Waals surface area (Å²) in [7, 11) is 1.91. The maximum absolute atomic E-state index is 13.5. The van der Waals surface area contributed by atoms with Gasteiger partial charge in [0.25, 0.3) is 5.91 Å². The second kappa shape index (κ2) is 10.0. The van der Waals surface area contributed by atoms with Crippen LogP contribution in [0.15, 0.2) is 22.7 Å². The third-order valence-corrected chi connectivity index (χ3v) is 5.78. The topological polar surface area (TPSA) is 76.2 Å². The molecule has 0 aliphatic carbocycles. The van der Waals surface area contributed by atoms with Gasteiger partial charge in [-0.25, -0.2) is 9.67 Å². The van der Waals surface area contributed by atoms with E-state index in [1.807, 2.05) is 42.6 Å². The molecular weight excluding hydrogens is 437 g/mol. The van der Waals surface area contributed by atoms with E-state index < -0.39 is 0 Å². The van der Waals surface area contributed by atoms with Crippen LogP contribution in [0.4, 0.5) is 0 Å². The third kappa shape index (κ3) is 4.73. The number of nitrogens with one attached hydrogen (secondary N) is 1. The monoisotopic (exact) mass is 467 g/mol. The highest BCUT2D eigenvalue weighted by atomic mass is 35.5. The summed E-state index contributed by atoms with van der Waals surface area (Å²) in [4.78, 5) is 20.3. The first-order valence-electron chi connectivity index (χ1n) is 10.3. The number of amides is 1. The lowest BCUT2D eigenvalue weighted by Gasteiger charge is -2.31. The molecule has 1 aliphatic rings. The quantitative estimate of drug-likeness (QED) is 0.608. The Morgan fingerprint density at radius 1 is 1.23 bits per heavy atom. The van der Waals surface area contributed by atoms with Crippen LogP contribution in [0.25, 0.3) is 22.3 Å². The molecule has 1 aliphatic heterocycles. The fraction of sp³-hybridized carbons (Fsp3) is 0.500. The fourth-order valence-corrected chi connectivity index (χ4v) is 4.15. The number of carbonyl (C=O) groups is 1. The standard InChI is InChI=1S/C22H29N5O2.2ClH/c1-13(2)27-21-19(12-24-27)18(22(28)26(5)16-6-8-23-9-7-16)11-20(25-21)17-10-14(3)29-15(17)4;;/h10-13,16,23H,6-9H2,1-5H3;2*1H. The zero-order valence-electron chi connectivity index (χ0n) is 18.6. The number of halogens is 2. The summed E-state index contributed by atoms with van der Waals surface area (Å²) in [5, 5.41) is 8.68. The summed E-state index contributed by atoms with van der Waals surface area (Å²) < 4.78 is 7.60. The minimum atomic E-state index is 0. The molecule has 31 heavy (non-hydrogen) atoms. The maximum Gasteiger partial charge on any atom is 0.254 e. The van der Waals surface area contributed by atoms with E-state index in [0.29, 0.717) is 5.56 Å². The van der Waals surface area contributed by atoms with E-state index in [9.17, 15) is 4.79 Å². The second-order valence-electron chi connectivity index (χ2n) is 8.20. The van der Waals surface area contributed by atoms with Crippen LogP contribution in [0.2, 0.25) is 0 Å². The summed E-state index contributed by atoms with van der Waals surface area (Å²) in [6, 6.07) is 4.26. The van der Waals surface area contributed by atoms with Gasteiger partial charge in [-0.1, -0.05) is 0 Å². The lowest BCUT2D eigenvalue weighted by Crippen LogP contribution is -2.44. The summed E-state index contributed by atoms with van der Waals surface area (Å²) in [6.07, 6.45) is 3.70. The van der Waals surface area contributed by atoms with Crippen molar-refractivity contribution in [3.63, 3.8) is 0 Å². The van der Waals surface area contributed by atoms with Gasteiger partial charge < -0.3 is 14.6 Å². The molecule has 170 valence electrons. The van der Waals surface area contributed by atoms with Crippen LogP contribution in [-0.2, 0) is 0 Å². The molecule has 1 N–H and O–H groups in total. The smallest absolute Gasteiger partial charge is 0.254 e. The van der Waals surface area contributed by atoms with E-state index in [0.717, 1.165) is 59.7 Å². The van der Waals surface area contributed by atoms with Crippen LogP contribution in [0, 0.1) is 13.8 Å². The molecule has 4 heterocycles. The average molecular weight is 468 g/mol. The molecule has 4 rings (SSSR count). The van der Waals surface area contributed by atoms with Gasteiger partial charge in [-0.3, -0.25) is 4.79 Å². The van der Waals surface area contributed by atoms with Crippen molar-refractivity contribution in [1.29, 1.82) is 0 Å². The predicted octanol–water partition coefficient (Wildman–Crippen LogP) is 4.56. The van der Waals surface area contributed by atoms with Crippen LogP contribution in [0.1, 0.15) is 54.6 Å². The van der Waals surface area contributed by atoms with Crippen molar-refractivity contribution in [2.75, 3.05) is 20.1 Å². The number of fused-ring (bicyclic) bond motifs is 1. The zero-order valence-corrected chi connectivity index (χ0v) is 20.3. The van der Waals surface area contributed by atoms with Crippen molar-refractivity contribution in [3.05, 3.63) is 35.4 Å². The largest absolute Gasteiger partial charge is 0.466 e. The zero-order chi connectivity index (χ0) is 20.7. The number of pyridine rings is 1. The molecule has 0 aromatic carbocycles. The van der Waals surface area contributed by atoms with E-state index >= 15 is 0 Å². The molecule has 0 radical (unpaired) electrons. The number of hydrogen-bond donors (Lipinski definition) is 1. The number of carbonyl (C=O) groups excluding carboxylic acids is 1. The second-order valence-corrected chi connectivity index (χ2v) is 8.20. The van der Waals surface area contributed by atoms with Crippen molar-refractivity contribution in [1.82, 2.24) is 25.0 Å². The molecule has 0 saturated carbocycles. The maximum atomic E-state index is 13.5. The molecule has 0 spiro atoms. The van der Waals surface area contributed by atoms with Gasteiger partial charge in [0.05, 0.1) is 22.8 Å². The van der Waals surface area contributed by atoms with Gasteiger partial charge in [-0.05, 0) is 65.8 Å². The highest BCUT2D eigenvalue weighted by Crippen LogP contribution is 2.31. The Hall–Kier alpha value is -2.09. The highest BCUT2D eigenvalue weighted by molar-refractivity contribution is 6.06. The number of rotatable bonds is 4. The van der Waals surface area contributed by atoms with E-state index in [-0.39, 0.29) is 42.8 Å². The summed E-state index contributed by atoms with van der Waals surface area (Å²) >= 11 is 0. The molecule has 1 fully saturated rings. The summed E-state index contributed by atoms with van der Waals surface area (Å²) in [6.45, 7) is 9.87. The molecular formula is C22H31Cl2N5O2. The molecule has 7 nitrogen and oxygen atoms in total. The first kappa shape index (κ1) is 25.2. The normalized spacial score (nSPS) is 14.4. The number of aromatic nitrogens is 3. The summed E-state index contributed by atoms with van der Waals surface area (Å²) in [5.41, 5.74) is 3.05. The molecule has 3 aromatic heterocycles. The first-order chi connectivity index (χ1) is 13.9. The van der Waals surface area contributed by atoms with Crippen molar-refractivity contribution < 1.29 is 9.21 Å². The van der Waals surface area contributed by atoms with Gasteiger partial charge in [0.15, 0.2) is 5.65 Å². The lowest BCUT2D eigenvalue weighted by atomic mass is 10.0. The fourth-order valence-electron chi connectivity index (χ4n) is 4.15. The Kier molecular flexibility index (Phi) is 8.14. The molecule has 0 atom stereocenters. The van der Waals surface area contributed by atoms with Gasteiger partial charge in [0.2, 0.25) is 0 Å². The van der Waals surface area contributed by atoms with Gasteiger partial charge >= 0.3 is 0 Å². The summed E-state index contributed by atoms with van der Waals surface area (Å²) in [5.74, 6) is 1.65. The van der Waals surface area contributed by atoms with Crippen LogP contribution < -0.4 is 5.32 Å². The minimum Gasteiger partial charge on any atom is -0.466 e. The van der Waals surface area contributed by atoms with Crippen molar-refractivity contribution in [2.45, 2.75) is 52.6 Å². The van der Waals surface area contributed by atoms with Crippen LogP contribution in [0.5, 0.6) is 0 Å². The van der Waals surface area contributed by atoms with Gasteiger partial charge in [0, 0.05) is 24.7 Å². The molecule has 3 aromatic rings. The van der Waals surface area contributed by atoms with Crippen molar-refractivity contribution in [3.8, 4) is 11.3 Å². The Balaban J connectivity index is 0.00000171. The van der Waals surface area contributed by atoms with Crippen LogP contribution in [-0.4, -0.2) is 51.8 Å². The Bertz CT molecular complexity index is 1050. The van der Waals surface area contributed by atoms with Gasteiger partial charge in [0.1, 0.15) is 11.5 Å². The van der Waals surface area contributed by atoms with E-state index in [4.69, 9.17) is 9.40 Å². The molecule has 9 heteroatoms. The van der Waals surface area contributed by atoms with Crippen molar-refractivity contribution >= 4 is 41.8 Å².